The van der Waals surface area contributed by atoms with Crippen LogP contribution in [0, 0.1) is 28.6 Å². The summed E-state index contributed by atoms with van der Waals surface area (Å²) in [5.41, 5.74) is -1.36. The van der Waals surface area contributed by atoms with E-state index in [4.69, 9.17) is 16.3 Å². The summed E-state index contributed by atoms with van der Waals surface area (Å²) < 4.78 is 5.88. The van der Waals surface area contributed by atoms with Gasteiger partial charge in [-0.3, -0.25) is 14.4 Å². The molecule has 0 amide bonds. The number of Topliss-reactive ketones (excluding diaryl/α,β-unsaturated/α-hetero) is 1. The number of alkyl halides is 1. The second-order valence-corrected chi connectivity index (χ2v) is 10.6. The average Bonchev–Trinajstić information content (AvgIpc) is 2.95. The molecule has 0 spiro atoms. The maximum atomic E-state index is 12.9. The first-order valence-corrected chi connectivity index (χ1v) is 11.4. The fourth-order valence-corrected chi connectivity index (χ4v) is 7.81. The van der Waals surface area contributed by atoms with Crippen molar-refractivity contribution in [1.29, 1.82) is 0 Å². The molecule has 6 heteroatoms. The summed E-state index contributed by atoms with van der Waals surface area (Å²) >= 11 is 6.94. The summed E-state index contributed by atoms with van der Waals surface area (Å²) in [6, 6.07) is 0. The maximum Gasteiger partial charge on any atom is 0.306 e. The van der Waals surface area contributed by atoms with E-state index < -0.39 is 22.5 Å². The Kier molecular flexibility index (Phi) is 5.10. The van der Waals surface area contributed by atoms with Crippen molar-refractivity contribution in [2.75, 3.05) is 0 Å². The number of esters is 1. The largest absolute Gasteiger partial charge is 0.450 e. The Hall–Kier alpha value is -1.46. The van der Waals surface area contributed by atoms with Crippen molar-refractivity contribution in [1.82, 2.24) is 0 Å². The fourth-order valence-electron chi connectivity index (χ4n) is 7.31. The third kappa shape index (κ3) is 2.74. The molecular weight excluding hydrogens is 404 g/mol. The molecule has 0 radical (unpaired) electrons. The molecule has 0 aromatic rings. The number of ether oxygens (including phenoxy) is 1. The van der Waals surface area contributed by atoms with Gasteiger partial charge in [-0.05, 0) is 56.6 Å². The molecule has 0 aromatic carbocycles. The van der Waals surface area contributed by atoms with Gasteiger partial charge in [0, 0.05) is 28.5 Å². The number of hydrogen-bond donors (Lipinski definition) is 1. The van der Waals surface area contributed by atoms with Gasteiger partial charge < -0.3 is 9.84 Å². The number of rotatable bonds is 3. The first-order chi connectivity index (χ1) is 14.0. The van der Waals surface area contributed by atoms with Crippen molar-refractivity contribution < 1.29 is 24.2 Å². The van der Waals surface area contributed by atoms with E-state index in [0.29, 0.717) is 19.3 Å². The molecule has 1 N–H and O–H groups in total. The van der Waals surface area contributed by atoms with E-state index in [-0.39, 0.29) is 47.1 Å². The van der Waals surface area contributed by atoms with Crippen LogP contribution in [0.3, 0.4) is 0 Å². The molecule has 0 aromatic heterocycles. The summed E-state index contributed by atoms with van der Waals surface area (Å²) in [6.07, 6.45) is 6.80. The number of carbonyl (C=O) groups is 3. The fraction of sp³-hybridized carbons (Fsp3) is 0.708. The Balaban J connectivity index is 1.79. The molecule has 0 heterocycles. The molecule has 164 valence electrons. The predicted octanol–water partition coefficient (Wildman–Crippen LogP) is 3.76. The van der Waals surface area contributed by atoms with Crippen molar-refractivity contribution in [3.63, 3.8) is 0 Å². The smallest absolute Gasteiger partial charge is 0.306 e. The van der Waals surface area contributed by atoms with Gasteiger partial charge in [-0.2, -0.15) is 0 Å². The van der Waals surface area contributed by atoms with Gasteiger partial charge >= 0.3 is 5.97 Å². The van der Waals surface area contributed by atoms with E-state index in [1.165, 1.54) is 6.92 Å². The summed E-state index contributed by atoms with van der Waals surface area (Å²) in [6.45, 7) is 7.29. The van der Waals surface area contributed by atoms with Crippen LogP contribution in [0.25, 0.3) is 0 Å². The summed E-state index contributed by atoms with van der Waals surface area (Å²) in [5.74, 6) is -0.722. The first kappa shape index (κ1) is 21.8. The van der Waals surface area contributed by atoms with E-state index in [1.54, 1.807) is 19.1 Å². The lowest BCUT2D eigenvalue weighted by molar-refractivity contribution is -0.197. The number of ketones is 2. The first-order valence-electron chi connectivity index (χ1n) is 11.0. The van der Waals surface area contributed by atoms with Gasteiger partial charge in [-0.25, -0.2) is 0 Å². The summed E-state index contributed by atoms with van der Waals surface area (Å²) in [4.78, 5) is 37.2. The SMILES string of the molecule is CCC(=O)O[C@@]1(C(C)=O)CC[C@H]2[C@H]3[C@H]([C@@H](O)C[C@@]21C)[C@@]1(C)C=CC(=O)C=C1C[C@H]3Cl. The summed E-state index contributed by atoms with van der Waals surface area (Å²) in [7, 11) is 0. The third-order valence-electron chi connectivity index (χ3n) is 8.75. The monoisotopic (exact) mass is 434 g/mol. The number of fused-ring (bicyclic) bond motifs is 5. The van der Waals surface area contributed by atoms with Gasteiger partial charge in [-0.1, -0.05) is 32.4 Å². The van der Waals surface area contributed by atoms with Gasteiger partial charge in [0.25, 0.3) is 0 Å². The highest BCUT2D eigenvalue weighted by Crippen LogP contribution is 2.68. The van der Waals surface area contributed by atoms with E-state index in [2.05, 4.69) is 6.92 Å². The van der Waals surface area contributed by atoms with Gasteiger partial charge in [0.1, 0.15) is 0 Å². The topological polar surface area (TPSA) is 80.7 Å². The van der Waals surface area contributed by atoms with E-state index in [9.17, 15) is 19.5 Å². The lowest BCUT2D eigenvalue weighted by atomic mass is 9.46. The second kappa shape index (κ2) is 7.03. The number of hydrogen-bond acceptors (Lipinski definition) is 5. The molecular formula is C24H31ClO5. The molecule has 0 saturated heterocycles. The molecule has 3 saturated carbocycles. The number of allylic oxidation sites excluding steroid dienone is 4. The molecule has 4 aliphatic carbocycles. The molecule has 0 unspecified atom stereocenters. The highest BCUT2D eigenvalue weighted by molar-refractivity contribution is 6.21. The van der Waals surface area contributed by atoms with Gasteiger partial charge in [-0.15, -0.1) is 11.6 Å². The molecule has 3 fully saturated rings. The molecule has 4 aliphatic rings. The minimum Gasteiger partial charge on any atom is -0.450 e. The molecule has 5 nitrogen and oxygen atoms in total. The van der Waals surface area contributed by atoms with Crippen LogP contribution in [0.15, 0.2) is 23.8 Å². The Morgan fingerprint density at radius 1 is 1.33 bits per heavy atom. The van der Waals surface area contributed by atoms with Crippen LogP contribution in [-0.4, -0.2) is 39.7 Å². The highest BCUT2D eigenvalue weighted by atomic mass is 35.5. The number of aliphatic hydroxyl groups is 1. The van der Waals surface area contributed by atoms with Crippen molar-refractivity contribution in [2.24, 2.45) is 28.6 Å². The Morgan fingerprint density at radius 2 is 2.03 bits per heavy atom. The van der Waals surface area contributed by atoms with Crippen molar-refractivity contribution in [2.45, 2.75) is 76.9 Å². The minimum absolute atomic E-state index is 0.0390. The predicted molar refractivity (Wildman–Crippen MR) is 113 cm³/mol. The van der Waals surface area contributed by atoms with Crippen LogP contribution in [0.5, 0.6) is 0 Å². The maximum absolute atomic E-state index is 12.9. The van der Waals surface area contributed by atoms with E-state index in [0.717, 1.165) is 12.0 Å². The van der Waals surface area contributed by atoms with Gasteiger partial charge in [0.15, 0.2) is 17.2 Å². The number of carbonyl (C=O) groups excluding carboxylic acids is 3. The average molecular weight is 435 g/mol. The quantitative estimate of drug-likeness (QED) is 0.540. The third-order valence-corrected chi connectivity index (χ3v) is 9.19. The Morgan fingerprint density at radius 3 is 2.67 bits per heavy atom. The van der Waals surface area contributed by atoms with Crippen LogP contribution in [0.1, 0.15) is 59.8 Å². The second-order valence-electron chi connectivity index (χ2n) is 10.1. The van der Waals surface area contributed by atoms with E-state index in [1.807, 2.05) is 13.0 Å². The van der Waals surface area contributed by atoms with Crippen LogP contribution in [-0.2, 0) is 19.1 Å². The number of aliphatic hydroxyl groups excluding tert-OH is 1. The molecule has 0 aliphatic heterocycles. The van der Waals surface area contributed by atoms with Gasteiger partial charge in [0.2, 0.25) is 0 Å². The number of halogens is 1. The molecule has 8 atom stereocenters. The van der Waals surface area contributed by atoms with Crippen LogP contribution >= 0.6 is 11.6 Å². The minimum atomic E-state index is -1.22. The zero-order valence-electron chi connectivity index (χ0n) is 18.1. The van der Waals surface area contributed by atoms with E-state index >= 15 is 0 Å². The van der Waals surface area contributed by atoms with Crippen molar-refractivity contribution in [3.8, 4) is 0 Å². The zero-order valence-corrected chi connectivity index (χ0v) is 18.9. The highest BCUT2D eigenvalue weighted by Gasteiger charge is 2.70. The standard InChI is InChI=1S/C24H31ClO5/c1-5-19(29)30-24(13(2)26)9-7-16-20-17(25)11-14-10-15(27)6-8-22(14,3)21(20)18(28)12-23(16,24)4/h6,8,10,16-18,20-21,28H,5,7,9,11-12H2,1-4H3/t16-,17+,18-,20+,21-,22-,23-,24+/m0/s1. The zero-order chi connectivity index (χ0) is 22.1. The molecule has 30 heavy (non-hydrogen) atoms. The lowest BCUT2D eigenvalue weighted by Gasteiger charge is -2.61. The van der Waals surface area contributed by atoms with Crippen LogP contribution in [0.4, 0.5) is 0 Å². The van der Waals surface area contributed by atoms with Crippen LogP contribution in [0.2, 0.25) is 0 Å². The lowest BCUT2D eigenvalue weighted by Crippen LogP contribution is -2.63. The van der Waals surface area contributed by atoms with Gasteiger partial charge in [0.05, 0.1) is 6.10 Å². The normalized spacial score (nSPS) is 47.1. The Labute approximate surface area is 182 Å². The molecule has 4 rings (SSSR count). The summed E-state index contributed by atoms with van der Waals surface area (Å²) in [5, 5.41) is 11.2. The molecule has 0 bridgehead atoms. The Bertz CT molecular complexity index is 862. The van der Waals surface area contributed by atoms with Crippen LogP contribution < -0.4 is 0 Å². The van der Waals surface area contributed by atoms with Crippen molar-refractivity contribution in [3.05, 3.63) is 23.8 Å². The van der Waals surface area contributed by atoms with Crippen molar-refractivity contribution >= 4 is 29.1 Å².